The maximum absolute atomic E-state index is 9.99. The summed E-state index contributed by atoms with van der Waals surface area (Å²) in [4.78, 5) is 6.33. The maximum Gasteiger partial charge on any atom is 0.191 e. The third kappa shape index (κ3) is 5.44. The lowest BCUT2D eigenvalue weighted by molar-refractivity contribution is 0.114. The summed E-state index contributed by atoms with van der Waals surface area (Å²) in [5.41, 5.74) is 6.00. The van der Waals surface area contributed by atoms with Crippen molar-refractivity contribution in [2.24, 2.45) is 16.6 Å². The first-order valence-electron chi connectivity index (χ1n) is 7.77. The molecule has 1 fully saturated rings. The highest BCUT2D eigenvalue weighted by molar-refractivity contribution is 6.42. The number of hydrogen-bond donors (Lipinski definition) is 2. The molecule has 128 valence electrons. The molecule has 1 aliphatic heterocycles. The van der Waals surface area contributed by atoms with Crippen LogP contribution < -0.4 is 10.5 Å². The summed E-state index contributed by atoms with van der Waals surface area (Å²) in [5, 5.41) is 10.7. The van der Waals surface area contributed by atoms with E-state index in [9.17, 15) is 5.11 Å². The van der Waals surface area contributed by atoms with E-state index in [4.69, 9.17) is 33.7 Å². The molecule has 0 aliphatic carbocycles. The fraction of sp³-hybridized carbons (Fsp3) is 0.562. The number of ether oxygens (including phenoxy) is 1. The van der Waals surface area contributed by atoms with Gasteiger partial charge in [-0.1, -0.05) is 36.2 Å². The Morgan fingerprint density at radius 2 is 2.30 bits per heavy atom. The molecule has 0 spiro atoms. The predicted molar refractivity (Wildman–Crippen MR) is 94.4 cm³/mol. The van der Waals surface area contributed by atoms with Gasteiger partial charge in [-0.05, 0) is 30.9 Å². The molecule has 2 unspecified atom stereocenters. The zero-order valence-corrected chi connectivity index (χ0v) is 14.7. The number of guanidine groups is 1. The second-order valence-electron chi connectivity index (χ2n) is 5.91. The van der Waals surface area contributed by atoms with Gasteiger partial charge >= 0.3 is 0 Å². The van der Waals surface area contributed by atoms with Crippen LogP contribution in [0.4, 0.5) is 0 Å². The van der Waals surface area contributed by atoms with Gasteiger partial charge in [-0.2, -0.15) is 0 Å². The molecule has 0 radical (unpaired) electrons. The molecule has 1 heterocycles. The average Bonchev–Trinajstić information content (AvgIpc) is 2.54. The van der Waals surface area contributed by atoms with Crippen LogP contribution in [-0.4, -0.2) is 48.3 Å². The Morgan fingerprint density at radius 3 is 3.04 bits per heavy atom. The van der Waals surface area contributed by atoms with Gasteiger partial charge in [0.1, 0.15) is 23.5 Å². The second kappa shape index (κ2) is 8.62. The Hall–Kier alpha value is -1.17. The van der Waals surface area contributed by atoms with Crippen molar-refractivity contribution in [1.82, 2.24) is 4.90 Å². The van der Waals surface area contributed by atoms with Gasteiger partial charge in [0, 0.05) is 13.1 Å². The van der Waals surface area contributed by atoms with Crippen LogP contribution >= 0.6 is 23.2 Å². The third-order valence-electron chi connectivity index (χ3n) is 3.79. The van der Waals surface area contributed by atoms with Crippen LogP contribution in [0.5, 0.6) is 5.75 Å². The van der Waals surface area contributed by atoms with E-state index in [1.807, 2.05) is 0 Å². The summed E-state index contributed by atoms with van der Waals surface area (Å²) in [6, 6.07) is 5.12. The minimum atomic E-state index is -0.759. The fourth-order valence-electron chi connectivity index (χ4n) is 2.53. The Balaban J connectivity index is 1.81. The van der Waals surface area contributed by atoms with Crippen LogP contribution in [0.25, 0.3) is 0 Å². The van der Waals surface area contributed by atoms with E-state index >= 15 is 0 Å². The Kier molecular flexibility index (Phi) is 6.81. The van der Waals surface area contributed by atoms with Crippen molar-refractivity contribution in [2.75, 3.05) is 26.2 Å². The number of likely N-dealkylation sites (tertiary alicyclic amines) is 1. The molecule has 5 nitrogen and oxygen atoms in total. The molecule has 23 heavy (non-hydrogen) atoms. The van der Waals surface area contributed by atoms with Crippen molar-refractivity contribution in [3.63, 3.8) is 0 Å². The Morgan fingerprint density at radius 1 is 1.52 bits per heavy atom. The topological polar surface area (TPSA) is 71.1 Å². The molecule has 1 aromatic carbocycles. The predicted octanol–water partition coefficient (Wildman–Crippen LogP) is 2.78. The van der Waals surface area contributed by atoms with Gasteiger partial charge in [-0.15, -0.1) is 0 Å². The summed E-state index contributed by atoms with van der Waals surface area (Å²) in [6.07, 6.45) is 1.59. The molecule has 1 aromatic rings. The molecule has 2 atom stereocenters. The van der Waals surface area contributed by atoms with Crippen LogP contribution in [0.2, 0.25) is 10.0 Å². The number of rotatable bonds is 5. The van der Waals surface area contributed by atoms with E-state index in [1.165, 1.54) is 6.42 Å². The smallest absolute Gasteiger partial charge is 0.191 e. The van der Waals surface area contributed by atoms with E-state index in [0.717, 1.165) is 19.5 Å². The molecule has 0 saturated carbocycles. The molecule has 0 amide bonds. The van der Waals surface area contributed by atoms with Gasteiger partial charge in [0.15, 0.2) is 5.96 Å². The van der Waals surface area contributed by atoms with Crippen LogP contribution in [0.3, 0.4) is 0 Å². The molecule has 3 N–H and O–H groups in total. The lowest BCUT2D eigenvalue weighted by Gasteiger charge is -2.31. The molecule has 1 aliphatic rings. The highest BCUT2D eigenvalue weighted by Crippen LogP contribution is 2.31. The van der Waals surface area contributed by atoms with Crippen molar-refractivity contribution in [3.05, 3.63) is 28.2 Å². The van der Waals surface area contributed by atoms with Gasteiger partial charge in [0.2, 0.25) is 0 Å². The monoisotopic (exact) mass is 359 g/mol. The number of halogens is 2. The van der Waals surface area contributed by atoms with E-state index < -0.39 is 6.10 Å². The number of hydrogen-bond acceptors (Lipinski definition) is 3. The number of aliphatic hydroxyl groups is 1. The SMILES string of the molecule is CC1CCCN(C(N)=NCC(O)COc2cccc(Cl)c2Cl)C1. The molecule has 0 aromatic heterocycles. The number of piperidine rings is 1. The summed E-state index contributed by atoms with van der Waals surface area (Å²) < 4.78 is 5.48. The highest BCUT2D eigenvalue weighted by atomic mass is 35.5. The van der Waals surface area contributed by atoms with Gasteiger partial charge in [0.25, 0.3) is 0 Å². The Labute approximate surface area is 147 Å². The standard InChI is InChI=1S/C16H23Cl2N3O2/c1-11-4-3-7-21(9-11)16(19)20-8-12(22)10-23-14-6-2-5-13(17)15(14)18/h2,5-6,11-12,22H,3-4,7-10H2,1H3,(H2,19,20). The van der Waals surface area contributed by atoms with E-state index in [1.54, 1.807) is 18.2 Å². The number of aliphatic hydroxyl groups excluding tert-OH is 1. The van der Waals surface area contributed by atoms with Gasteiger partial charge in [-0.25, -0.2) is 0 Å². The van der Waals surface area contributed by atoms with Crippen LogP contribution in [0, 0.1) is 5.92 Å². The molecule has 7 heteroatoms. The molecule has 0 bridgehead atoms. The molecule has 1 saturated heterocycles. The maximum atomic E-state index is 9.99. The third-order valence-corrected chi connectivity index (χ3v) is 4.59. The van der Waals surface area contributed by atoms with E-state index in [0.29, 0.717) is 27.7 Å². The number of benzene rings is 1. The van der Waals surface area contributed by atoms with Crippen LogP contribution in [0.15, 0.2) is 23.2 Å². The zero-order chi connectivity index (χ0) is 16.8. The number of nitrogens with two attached hydrogens (primary N) is 1. The average molecular weight is 360 g/mol. The van der Waals surface area contributed by atoms with Crippen molar-refractivity contribution in [1.29, 1.82) is 0 Å². The number of nitrogens with zero attached hydrogens (tertiary/aromatic N) is 2. The van der Waals surface area contributed by atoms with Crippen LogP contribution in [-0.2, 0) is 0 Å². The molecular weight excluding hydrogens is 337 g/mol. The summed E-state index contributed by atoms with van der Waals surface area (Å²) in [5.74, 6) is 1.55. The highest BCUT2D eigenvalue weighted by Gasteiger charge is 2.18. The second-order valence-corrected chi connectivity index (χ2v) is 6.69. The minimum absolute atomic E-state index is 0.0766. The number of aliphatic imine (C=N–C) groups is 1. The lowest BCUT2D eigenvalue weighted by Crippen LogP contribution is -2.44. The summed E-state index contributed by atoms with van der Waals surface area (Å²) in [6.45, 7) is 4.31. The van der Waals surface area contributed by atoms with E-state index in [2.05, 4.69) is 16.8 Å². The quantitative estimate of drug-likeness (QED) is 0.626. The zero-order valence-electron chi connectivity index (χ0n) is 13.2. The first-order valence-corrected chi connectivity index (χ1v) is 8.52. The van der Waals surface area contributed by atoms with Crippen molar-refractivity contribution in [2.45, 2.75) is 25.9 Å². The van der Waals surface area contributed by atoms with Gasteiger partial charge in [-0.3, -0.25) is 4.99 Å². The lowest BCUT2D eigenvalue weighted by atomic mass is 10.0. The first kappa shape index (κ1) is 18.2. The van der Waals surface area contributed by atoms with Crippen LogP contribution in [0.1, 0.15) is 19.8 Å². The Bertz CT molecular complexity index is 554. The molecule has 2 rings (SSSR count). The summed E-state index contributed by atoms with van der Waals surface area (Å²) >= 11 is 11.9. The van der Waals surface area contributed by atoms with Crippen molar-refractivity contribution in [3.8, 4) is 5.75 Å². The molecular formula is C16H23Cl2N3O2. The van der Waals surface area contributed by atoms with Gasteiger partial charge < -0.3 is 20.5 Å². The first-order chi connectivity index (χ1) is 11.0. The largest absolute Gasteiger partial charge is 0.489 e. The van der Waals surface area contributed by atoms with Gasteiger partial charge in [0.05, 0.1) is 11.6 Å². The van der Waals surface area contributed by atoms with Crippen molar-refractivity contribution >= 4 is 29.2 Å². The van der Waals surface area contributed by atoms with Crippen molar-refractivity contribution < 1.29 is 9.84 Å². The minimum Gasteiger partial charge on any atom is -0.489 e. The fourth-order valence-corrected chi connectivity index (χ4v) is 2.88. The normalized spacial score (nSPS) is 20.4. The van der Waals surface area contributed by atoms with E-state index in [-0.39, 0.29) is 13.2 Å². The summed E-state index contributed by atoms with van der Waals surface area (Å²) in [7, 11) is 0.